The summed E-state index contributed by atoms with van der Waals surface area (Å²) in [7, 11) is 5.53. The summed E-state index contributed by atoms with van der Waals surface area (Å²) < 4.78 is 11.8. The monoisotopic (exact) mass is 357 g/mol. The van der Waals surface area contributed by atoms with Crippen LogP contribution in [-0.2, 0) is 0 Å². The fraction of sp³-hybridized carbons (Fsp3) is 0.136. The van der Waals surface area contributed by atoms with Crippen molar-refractivity contribution in [3.05, 3.63) is 66.2 Å². The molecule has 0 fully saturated rings. The SMILES string of the molecule is COc1cc(C#N)cc(N(C)C)c1N1c2ccccc2Oc2ccccc21. The lowest BCUT2D eigenvalue weighted by atomic mass is 10.1. The Morgan fingerprint density at radius 1 is 0.963 bits per heavy atom. The molecule has 0 spiro atoms. The lowest BCUT2D eigenvalue weighted by Gasteiger charge is -2.35. The molecule has 0 bridgehead atoms. The van der Waals surface area contributed by atoms with Crippen LogP contribution in [0.25, 0.3) is 0 Å². The number of ether oxygens (including phenoxy) is 2. The van der Waals surface area contributed by atoms with Crippen LogP contribution in [0.2, 0.25) is 0 Å². The number of rotatable bonds is 3. The molecule has 3 aromatic rings. The van der Waals surface area contributed by atoms with Gasteiger partial charge >= 0.3 is 0 Å². The lowest BCUT2D eigenvalue weighted by molar-refractivity contribution is 0.415. The number of fused-ring (bicyclic) bond motifs is 2. The molecule has 1 aliphatic heterocycles. The van der Waals surface area contributed by atoms with E-state index in [-0.39, 0.29) is 0 Å². The third-order valence-electron chi connectivity index (χ3n) is 4.54. The second kappa shape index (κ2) is 6.58. The summed E-state index contributed by atoms with van der Waals surface area (Å²) in [5.74, 6) is 2.17. The quantitative estimate of drug-likeness (QED) is 0.504. The fourth-order valence-electron chi connectivity index (χ4n) is 3.32. The Bertz CT molecular complexity index is 1010. The molecule has 0 aromatic heterocycles. The van der Waals surface area contributed by atoms with Crippen molar-refractivity contribution in [3.63, 3.8) is 0 Å². The molecule has 134 valence electrons. The topological polar surface area (TPSA) is 48.7 Å². The smallest absolute Gasteiger partial charge is 0.151 e. The van der Waals surface area contributed by atoms with Crippen LogP contribution in [0.15, 0.2) is 60.7 Å². The van der Waals surface area contributed by atoms with E-state index >= 15 is 0 Å². The van der Waals surface area contributed by atoms with Gasteiger partial charge in [0.15, 0.2) is 11.5 Å². The van der Waals surface area contributed by atoms with Crippen LogP contribution in [0.5, 0.6) is 17.2 Å². The maximum absolute atomic E-state index is 9.42. The summed E-state index contributed by atoms with van der Waals surface area (Å²) in [5.41, 5.74) is 4.14. The third kappa shape index (κ3) is 2.72. The van der Waals surface area contributed by atoms with Crippen LogP contribution in [-0.4, -0.2) is 21.2 Å². The van der Waals surface area contributed by atoms with E-state index in [2.05, 4.69) is 11.0 Å². The third-order valence-corrected chi connectivity index (χ3v) is 4.54. The molecular weight excluding hydrogens is 338 g/mol. The van der Waals surface area contributed by atoms with E-state index < -0.39 is 0 Å². The minimum absolute atomic E-state index is 0.550. The van der Waals surface area contributed by atoms with E-state index in [1.54, 1.807) is 13.2 Å². The van der Waals surface area contributed by atoms with Crippen LogP contribution < -0.4 is 19.3 Å². The van der Waals surface area contributed by atoms with Crippen molar-refractivity contribution >= 4 is 22.7 Å². The molecule has 0 aliphatic carbocycles. The fourth-order valence-corrected chi connectivity index (χ4v) is 3.32. The zero-order valence-electron chi connectivity index (χ0n) is 15.4. The summed E-state index contributed by atoms with van der Waals surface area (Å²) in [6.07, 6.45) is 0. The number of para-hydroxylation sites is 4. The highest BCUT2D eigenvalue weighted by Gasteiger charge is 2.30. The van der Waals surface area contributed by atoms with E-state index in [4.69, 9.17) is 9.47 Å². The second-order valence-electron chi connectivity index (χ2n) is 6.43. The van der Waals surface area contributed by atoms with Crippen LogP contribution in [0.4, 0.5) is 22.7 Å². The molecule has 1 heterocycles. The zero-order valence-corrected chi connectivity index (χ0v) is 15.4. The van der Waals surface area contributed by atoms with E-state index in [0.29, 0.717) is 11.3 Å². The first kappa shape index (κ1) is 16.8. The Morgan fingerprint density at radius 3 is 2.07 bits per heavy atom. The number of hydrogen-bond acceptors (Lipinski definition) is 5. The molecule has 4 rings (SSSR count). The number of anilines is 4. The number of benzene rings is 3. The second-order valence-corrected chi connectivity index (χ2v) is 6.43. The molecule has 0 saturated heterocycles. The Morgan fingerprint density at radius 2 is 1.56 bits per heavy atom. The normalized spacial score (nSPS) is 11.7. The van der Waals surface area contributed by atoms with Crippen molar-refractivity contribution in [3.8, 4) is 23.3 Å². The van der Waals surface area contributed by atoms with Gasteiger partial charge in [-0.3, -0.25) is 4.90 Å². The average Bonchev–Trinajstić information content (AvgIpc) is 2.71. The van der Waals surface area contributed by atoms with Crippen molar-refractivity contribution in [1.82, 2.24) is 0 Å². The molecule has 3 aromatic carbocycles. The maximum atomic E-state index is 9.42. The first-order chi connectivity index (χ1) is 13.1. The van der Waals surface area contributed by atoms with Crippen LogP contribution in [0.1, 0.15) is 5.56 Å². The van der Waals surface area contributed by atoms with Gasteiger partial charge < -0.3 is 14.4 Å². The maximum Gasteiger partial charge on any atom is 0.151 e. The molecular formula is C22H19N3O2. The first-order valence-corrected chi connectivity index (χ1v) is 8.59. The summed E-state index contributed by atoms with van der Waals surface area (Å²) >= 11 is 0. The molecule has 1 aliphatic rings. The number of hydrogen-bond donors (Lipinski definition) is 0. The van der Waals surface area contributed by atoms with Crippen LogP contribution >= 0.6 is 0 Å². The highest BCUT2D eigenvalue weighted by Crippen LogP contribution is 2.54. The van der Waals surface area contributed by atoms with Crippen molar-refractivity contribution < 1.29 is 9.47 Å². The summed E-state index contributed by atoms with van der Waals surface area (Å²) in [6.45, 7) is 0. The highest BCUT2D eigenvalue weighted by atomic mass is 16.5. The minimum atomic E-state index is 0.550. The number of nitriles is 1. The predicted octanol–water partition coefficient (Wildman–Crippen LogP) is 5.21. The molecule has 0 atom stereocenters. The minimum Gasteiger partial charge on any atom is -0.494 e. The molecule has 27 heavy (non-hydrogen) atoms. The summed E-state index contributed by atoms with van der Waals surface area (Å²) in [6, 6.07) is 21.7. The largest absolute Gasteiger partial charge is 0.494 e. The van der Waals surface area contributed by atoms with Gasteiger partial charge in [-0.2, -0.15) is 5.26 Å². The molecule has 5 heteroatoms. The van der Waals surface area contributed by atoms with Gasteiger partial charge in [0.05, 0.1) is 35.8 Å². The van der Waals surface area contributed by atoms with E-state index in [0.717, 1.165) is 34.2 Å². The van der Waals surface area contributed by atoms with E-state index in [1.165, 1.54) is 0 Å². The first-order valence-electron chi connectivity index (χ1n) is 8.59. The van der Waals surface area contributed by atoms with Crippen molar-refractivity contribution in [2.24, 2.45) is 0 Å². The Labute approximate surface area is 158 Å². The molecule has 0 N–H and O–H groups in total. The summed E-state index contributed by atoms with van der Waals surface area (Å²) in [5, 5.41) is 9.42. The predicted molar refractivity (Wildman–Crippen MR) is 107 cm³/mol. The Kier molecular flexibility index (Phi) is 4.09. The van der Waals surface area contributed by atoms with Gasteiger partial charge in [0.25, 0.3) is 0 Å². The van der Waals surface area contributed by atoms with Gasteiger partial charge in [-0.05, 0) is 30.3 Å². The number of nitrogens with zero attached hydrogens (tertiary/aromatic N) is 3. The Hall–Kier alpha value is -3.65. The van der Waals surface area contributed by atoms with Crippen molar-refractivity contribution in [1.29, 1.82) is 5.26 Å². The zero-order chi connectivity index (χ0) is 19.0. The van der Waals surface area contributed by atoms with Gasteiger partial charge in [-0.25, -0.2) is 0 Å². The highest BCUT2D eigenvalue weighted by molar-refractivity contribution is 5.94. The van der Waals surface area contributed by atoms with Crippen molar-refractivity contribution in [2.75, 3.05) is 31.0 Å². The van der Waals surface area contributed by atoms with E-state index in [9.17, 15) is 5.26 Å². The van der Waals surface area contributed by atoms with Crippen LogP contribution in [0.3, 0.4) is 0 Å². The molecule has 0 amide bonds. The van der Waals surface area contributed by atoms with Crippen LogP contribution in [0, 0.1) is 11.3 Å². The molecule has 0 unspecified atom stereocenters. The van der Waals surface area contributed by atoms with Gasteiger partial charge in [0.2, 0.25) is 0 Å². The standard InChI is InChI=1S/C22H19N3O2/c1-24(2)18-12-15(14-23)13-21(26-3)22(18)25-16-8-4-6-10-19(16)27-20-11-7-5-9-17(20)25/h4-13H,1-3H3. The van der Waals surface area contributed by atoms with Gasteiger partial charge in [0, 0.05) is 20.2 Å². The van der Waals surface area contributed by atoms with Gasteiger partial charge in [0.1, 0.15) is 11.4 Å². The summed E-state index contributed by atoms with van der Waals surface area (Å²) in [4.78, 5) is 4.11. The molecule has 5 nitrogen and oxygen atoms in total. The Balaban J connectivity index is 2.06. The number of methoxy groups -OCH3 is 1. The molecule has 0 saturated carbocycles. The van der Waals surface area contributed by atoms with Gasteiger partial charge in [-0.15, -0.1) is 0 Å². The van der Waals surface area contributed by atoms with Gasteiger partial charge in [-0.1, -0.05) is 24.3 Å². The van der Waals surface area contributed by atoms with E-state index in [1.807, 2.05) is 73.6 Å². The molecule has 0 radical (unpaired) electrons. The lowest BCUT2D eigenvalue weighted by Crippen LogP contribution is -2.20. The van der Waals surface area contributed by atoms with Crippen molar-refractivity contribution in [2.45, 2.75) is 0 Å². The average molecular weight is 357 g/mol.